The maximum absolute atomic E-state index is 13.6. The van der Waals surface area contributed by atoms with Crippen molar-refractivity contribution in [3.8, 4) is 0 Å². The average Bonchev–Trinajstić information content (AvgIpc) is 3.28. The molecule has 2 aromatic carbocycles. The second-order valence-electron chi connectivity index (χ2n) is 8.78. The van der Waals surface area contributed by atoms with Gasteiger partial charge in [0.15, 0.2) is 0 Å². The SMILES string of the molecule is CC(C)CN(CC(=O)N1CCc2sccc2C1c1ccccc1)C(=O)Cc1ccccc1. The van der Waals surface area contributed by atoms with Gasteiger partial charge in [-0.25, -0.2) is 0 Å². The van der Waals surface area contributed by atoms with Gasteiger partial charge >= 0.3 is 0 Å². The smallest absolute Gasteiger partial charge is 0.242 e. The molecule has 1 unspecified atom stereocenters. The van der Waals surface area contributed by atoms with Crippen molar-refractivity contribution in [2.24, 2.45) is 5.92 Å². The van der Waals surface area contributed by atoms with Gasteiger partial charge in [0.25, 0.3) is 0 Å². The molecule has 1 aliphatic heterocycles. The van der Waals surface area contributed by atoms with Gasteiger partial charge in [-0.2, -0.15) is 0 Å². The zero-order chi connectivity index (χ0) is 22.5. The van der Waals surface area contributed by atoms with Crippen LogP contribution in [0, 0.1) is 5.92 Å². The number of hydrogen-bond donors (Lipinski definition) is 0. The fourth-order valence-corrected chi connectivity index (χ4v) is 5.32. The topological polar surface area (TPSA) is 40.6 Å². The Balaban J connectivity index is 1.56. The number of nitrogens with zero attached hydrogens (tertiary/aromatic N) is 2. The first-order chi connectivity index (χ1) is 15.5. The highest BCUT2D eigenvalue weighted by Gasteiger charge is 2.34. The van der Waals surface area contributed by atoms with Crippen molar-refractivity contribution in [3.63, 3.8) is 0 Å². The quantitative estimate of drug-likeness (QED) is 0.515. The third-order valence-electron chi connectivity index (χ3n) is 5.86. The minimum atomic E-state index is -0.0937. The molecule has 1 atom stereocenters. The molecule has 32 heavy (non-hydrogen) atoms. The van der Waals surface area contributed by atoms with Crippen molar-refractivity contribution in [2.75, 3.05) is 19.6 Å². The molecule has 0 aliphatic carbocycles. The van der Waals surface area contributed by atoms with E-state index in [1.807, 2.05) is 53.4 Å². The maximum atomic E-state index is 13.6. The first-order valence-corrected chi connectivity index (χ1v) is 12.1. The highest BCUT2D eigenvalue weighted by Crippen LogP contribution is 2.37. The molecule has 3 aromatic rings. The van der Waals surface area contributed by atoms with Crippen molar-refractivity contribution >= 4 is 23.2 Å². The Hall–Kier alpha value is -2.92. The van der Waals surface area contributed by atoms with E-state index in [9.17, 15) is 9.59 Å². The van der Waals surface area contributed by atoms with Crippen molar-refractivity contribution in [1.82, 2.24) is 9.80 Å². The first-order valence-electron chi connectivity index (χ1n) is 11.3. The zero-order valence-corrected chi connectivity index (χ0v) is 19.6. The molecule has 2 amide bonds. The van der Waals surface area contributed by atoms with Crippen molar-refractivity contribution < 1.29 is 9.59 Å². The number of amides is 2. The Morgan fingerprint density at radius 3 is 2.41 bits per heavy atom. The number of carbonyl (C=O) groups is 2. The molecular weight excluding hydrogens is 416 g/mol. The molecule has 0 fully saturated rings. The summed E-state index contributed by atoms with van der Waals surface area (Å²) in [7, 11) is 0. The lowest BCUT2D eigenvalue weighted by Gasteiger charge is -2.38. The summed E-state index contributed by atoms with van der Waals surface area (Å²) in [6.45, 7) is 5.53. The fraction of sp³-hybridized carbons (Fsp3) is 0.333. The molecule has 0 bridgehead atoms. The zero-order valence-electron chi connectivity index (χ0n) is 18.7. The van der Waals surface area contributed by atoms with Crippen LogP contribution in [-0.2, 0) is 22.4 Å². The molecule has 0 spiro atoms. The minimum absolute atomic E-state index is 0.00254. The first kappa shape index (κ1) is 22.3. The molecule has 0 N–H and O–H groups in total. The number of fused-ring (bicyclic) bond motifs is 1. The third-order valence-corrected chi connectivity index (χ3v) is 6.86. The van der Waals surface area contributed by atoms with Gasteiger partial charge < -0.3 is 9.80 Å². The number of carbonyl (C=O) groups excluding carboxylic acids is 2. The molecule has 166 valence electrons. The number of thiophene rings is 1. The van der Waals surface area contributed by atoms with E-state index in [-0.39, 0.29) is 30.3 Å². The Bertz CT molecular complexity index is 1050. The summed E-state index contributed by atoms with van der Waals surface area (Å²) in [6, 6.07) is 22.0. The van der Waals surface area contributed by atoms with E-state index in [1.54, 1.807) is 16.2 Å². The number of rotatable bonds is 7. The van der Waals surface area contributed by atoms with Crippen LogP contribution in [-0.4, -0.2) is 41.2 Å². The molecule has 2 heterocycles. The molecule has 0 saturated heterocycles. The Kier molecular flexibility index (Phi) is 7.05. The summed E-state index contributed by atoms with van der Waals surface area (Å²) in [5, 5.41) is 2.11. The van der Waals surface area contributed by atoms with E-state index >= 15 is 0 Å². The number of benzene rings is 2. The van der Waals surface area contributed by atoms with E-state index in [0.717, 1.165) is 17.5 Å². The maximum Gasteiger partial charge on any atom is 0.242 e. The second-order valence-corrected chi connectivity index (χ2v) is 9.78. The standard InChI is InChI=1S/C27H30N2O2S/c1-20(2)18-28(25(30)17-21-9-5-3-6-10-21)19-26(31)29-15-13-24-23(14-16-32-24)27(29)22-11-7-4-8-12-22/h3-12,14,16,20,27H,13,15,17-19H2,1-2H3. The van der Waals surface area contributed by atoms with Crippen LogP contribution in [0.15, 0.2) is 72.1 Å². The van der Waals surface area contributed by atoms with Crippen LogP contribution >= 0.6 is 11.3 Å². The van der Waals surface area contributed by atoms with Crippen LogP contribution in [0.4, 0.5) is 0 Å². The molecule has 1 aliphatic rings. The van der Waals surface area contributed by atoms with E-state index in [4.69, 9.17) is 0 Å². The molecule has 0 radical (unpaired) electrons. The van der Waals surface area contributed by atoms with Crippen molar-refractivity contribution in [2.45, 2.75) is 32.7 Å². The van der Waals surface area contributed by atoms with Gasteiger partial charge in [-0.3, -0.25) is 9.59 Å². The van der Waals surface area contributed by atoms with Crippen LogP contribution in [0.3, 0.4) is 0 Å². The monoisotopic (exact) mass is 446 g/mol. The van der Waals surface area contributed by atoms with Gasteiger partial charge in [0, 0.05) is 18.0 Å². The van der Waals surface area contributed by atoms with Gasteiger partial charge in [0.05, 0.1) is 19.0 Å². The van der Waals surface area contributed by atoms with Gasteiger partial charge in [-0.15, -0.1) is 11.3 Å². The van der Waals surface area contributed by atoms with Crippen molar-refractivity contribution in [1.29, 1.82) is 0 Å². The Morgan fingerprint density at radius 1 is 1.03 bits per heavy atom. The summed E-state index contributed by atoms with van der Waals surface area (Å²) < 4.78 is 0. The van der Waals surface area contributed by atoms with Crippen LogP contribution in [0.25, 0.3) is 0 Å². The third kappa shape index (κ3) is 5.10. The highest BCUT2D eigenvalue weighted by atomic mass is 32.1. The predicted octanol–water partition coefficient (Wildman–Crippen LogP) is 4.95. The van der Waals surface area contributed by atoms with Crippen LogP contribution < -0.4 is 0 Å². The lowest BCUT2D eigenvalue weighted by Crippen LogP contribution is -2.47. The molecular formula is C27H30N2O2S. The average molecular weight is 447 g/mol. The van der Waals surface area contributed by atoms with E-state index in [0.29, 0.717) is 19.5 Å². The van der Waals surface area contributed by atoms with Gasteiger partial charge in [0.1, 0.15) is 0 Å². The van der Waals surface area contributed by atoms with Gasteiger partial charge in [0.2, 0.25) is 11.8 Å². The Labute approximate surface area is 194 Å². The largest absolute Gasteiger partial charge is 0.333 e. The van der Waals surface area contributed by atoms with Gasteiger partial charge in [-0.1, -0.05) is 74.5 Å². The second kappa shape index (κ2) is 10.1. The number of hydrogen-bond acceptors (Lipinski definition) is 3. The highest BCUT2D eigenvalue weighted by molar-refractivity contribution is 7.10. The molecule has 5 heteroatoms. The summed E-state index contributed by atoms with van der Waals surface area (Å²) >= 11 is 1.76. The molecule has 4 rings (SSSR count). The Morgan fingerprint density at radius 2 is 1.72 bits per heavy atom. The summed E-state index contributed by atoms with van der Waals surface area (Å²) in [6.07, 6.45) is 1.18. The van der Waals surface area contributed by atoms with Crippen LogP contribution in [0.1, 0.15) is 41.5 Å². The fourth-order valence-electron chi connectivity index (χ4n) is 4.41. The molecule has 0 saturated carbocycles. The molecule has 4 nitrogen and oxygen atoms in total. The lowest BCUT2D eigenvalue weighted by molar-refractivity contribution is -0.141. The summed E-state index contributed by atoms with van der Waals surface area (Å²) in [5.41, 5.74) is 3.31. The van der Waals surface area contributed by atoms with Crippen LogP contribution in [0.2, 0.25) is 0 Å². The normalized spacial score (nSPS) is 15.5. The molecule has 1 aromatic heterocycles. The predicted molar refractivity (Wildman–Crippen MR) is 130 cm³/mol. The van der Waals surface area contributed by atoms with E-state index in [1.165, 1.54) is 10.4 Å². The van der Waals surface area contributed by atoms with E-state index in [2.05, 4.69) is 37.4 Å². The van der Waals surface area contributed by atoms with Crippen molar-refractivity contribution in [3.05, 3.63) is 93.7 Å². The van der Waals surface area contributed by atoms with Crippen LogP contribution in [0.5, 0.6) is 0 Å². The minimum Gasteiger partial charge on any atom is -0.333 e. The summed E-state index contributed by atoms with van der Waals surface area (Å²) in [4.78, 5) is 31.8. The summed E-state index contributed by atoms with van der Waals surface area (Å²) in [5.74, 6) is 0.304. The van der Waals surface area contributed by atoms with Gasteiger partial charge in [-0.05, 0) is 40.5 Å². The van der Waals surface area contributed by atoms with E-state index < -0.39 is 0 Å². The lowest BCUT2D eigenvalue weighted by atomic mass is 9.93.